The van der Waals surface area contributed by atoms with Gasteiger partial charge in [0.05, 0.1) is 11.5 Å². The van der Waals surface area contributed by atoms with Gasteiger partial charge in [-0.25, -0.2) is 13.6 Å². The highest BCUT2D eigenvalue weighted by molar-refractivity contribution is 7.99. The van der Waals surface area contributed by atoms with E-state index in [1.54, 1.807) is 12.1 Å². The summed E-state index contributed by atoms with van der Waals surface area (Å²) in [6.07, 6.45) is 2.26. The lowest BCUT2D eigenvalue weighted by Crippen LogP contribution is -2.11. The van der Waals surface area contributed by atoms with E-state index in [0.29, 0.717) is 29.2 Å². The highest BCUT2D eigenvalue weighted by atomic mass is 32.2. The molecule has 0 aliphatic heterocycles. The van der Waals surface area contributed by atoms with Gasteiger partial charge in [0.25, 0.3) is 5.22 Å². The van der Waals surface area contributed by atoms with Crippen molar-refractivity contribution in [3.8, 4) is 5.75 Å². The lowest BCUT2D eigenvalue weighted by molar-refractivity contribution is 0.342. The molecule has 0 unspecified atom stereocenters. The number of nitrogens with zero attached hydrogens (tertiary/aromatic N) is 2. The lowest BCUT2D eigenvalue weighted by Gasteiger charge is -2.05. The van der Waals surface area contributed by atoms with E-state index in [2.05, 4.69) is 10.2 Å². The molecule has 0 bridgehead atoms. The van der Waals surface area contributed by atoms with Crippen molar-refractivity contribution in [1.29, 1.82) is 0 Å². The smallest absolute Gasteiger partial charge is 0.276 e. The summed E-state index contributed by atoms with van der Waals surface area (Å²) in [5, 5.41) is 13.5. The first kappa shape index (κ1) is 15.3. The molecule has 1 aromatic heterocycles. The number of benzene rings is 1. The van der Waals surface area contributed by atoms with Crippen molar-refractivity contribution in [2.24, 2.45) is 5.14 Å². The van der Waals surface area contributed by atoms with Crippen LogP contribution in [0, 0.1) is 0 Å². The molecule has 0 amide bonds. The van der Waals surface area contributed by atoms with Crippen molar-refractivity contribution in [2.75, 3.05) is 12.4 Å². The van der Waals surface area contributed by atoms with Crippen molar-refractivity contribution >= 4 is 21.8 Å². The van der Waals surface area contributed by atoms with E-state index < -0.39 is 10.0 Å². The molecule has 1 aliphatic rings. The Balaban J connectivity index is 1.44. The molecular weight excluding hydrogens is 326 g/mol. The van der Waals surface area contributed by atoms with E-state index >= 15 is 0 Å². The molecule has 3 rings (SSSR count). The minimum absolute atomic E-state index is 0.0627. The number of nitrogens with two attached hydrogens (primary N) is 1. The fraction of sp³-hybridized carbons (Fsp3) is 0.385. The summed E-state index contributed by atoms with van der Waals surface area (Å²) in [5.74, 6) is 2.41. The van der Waals surface area contributed by atoms with Gasteiger partial charge in [0, 0.05) is 11.7 Å². The zero-order chi connectivity index (χ0) is 15.6. The third-order valence-corrected chi connectivity index (χ3v) is 4.79. The molecule has 7 nitrogen and oxygen atoms in total. The number of thioether (sulfide) groups is 1. The van der Waals surface area contributed by atoms with Gasteiger partial charge in [-0.2, -0.15) is 0 Å². The summed E-state index contributed by atoms with van der Waals surface area (Å²) in [5.41, 5.74) is 0. The Labute approximate surface area is 132 Å². The summed E-state index contributed by atoms with van der Waals surface area (Å²) in [6, 6.07) is 5.97. The van der Waals surface area contributed by atoms with E-state index in [0.717, 1.165) is 18.7 Å². The van der Waals surface area contributed by atoms with Gasteiger partial charge in [-0.1, -0.05) is 11.8 Å². The summed E-state index contributed by atoms with van der Waals surface area (Å²) >= 11 is 1.43. The second-order valence-corrected chi connectivity index (χ2v) is 7.50. The fourth-order valence-electron chi connectivity index (χ4n) is 1.79. The van der Waals surface area contributed by atoms with E-state index in [1.165, 1.54) is 23.9 Å². The molecule has 0 radical (unpaired) electrons. The van der Waals surface area contributed by atoms with Crippen molar-refractivity contribution in [2.45, 2.75) is 28.9 Å². The minimum atomic E-state index is -3.67. The van der Waals surface area contributed by atoms with Crippen LogP contribution < -0.4 is 9.88 Å². The molecule has 1 fully saturated rings. The molecule has 118 valence electrons. The van der Waals surface area contributed by atoms with Gasteiger partial charge in [0.2, 0.25) is 15.9 Å². The van der Waals surface area contributed by atoms with Crippen LogP contribution in [0.4, 0.5) is 0 Å². The number of rotatable bonds is 7. The van der Waals surface area contributed by atoms with Gasteiger partial charge in [0.15, 0.2) is 0 Å². The molecule has 0 spiro atoms. The molecule has 2 N–H and O–H groups in total. The Bertz CT molecular complexity index is 739. The van der Waals surface area contributed by atoms with Gasteiger partial charge >= 0.3 is 0 Å². The highest BCUT2D eigenvalue weighted by Crippen LogP contribution is 2.39. The topological polar surface area (TPSA) is 108 Å². The lowest BCUT2D eigenvalue weighted by atomic mass is 10.3. The zero-order valence-corrected chi connectivity index (χ0v) is 13.3. The Kier molecular flexibility index (Phi) is 4.37. The molecule has 9 heteroatoms. The number of hydrogen-bond acceptors (Lipinski definition) is 7. The first-order valence-corrected chi connectivity index (χ1v) is 9.27. The number of sulfonamides is 1. The second-order valence-electron chi connectivity index (χ2n) is 4.89. The predicted molar refractivity (Wildman–Crippen MR) is 80.3 cm³/mol. The number of ether oxygens (including phenoxy) is 1. The molecule has 2 aromatic rings. The van der Waals surface area contributed by atoms with Crippen LogP contribution in [0.1, 0.15) is 24.7 Å². The quantitative estimate of drug-likeness (QED) is 0.604. The summed E-state index contributed by atoms with van der Waals surface area (Å²) in [7, 11) is -3.67. The normalized spacial score (nSPS) is 15.0. The number of primary sulfonamides is 1. The number of hydrogen-bond donors (Lipinski definition) is 1. The van der Waals surface area contributed by atoms with Crippen LogP contribution in [-0.4, -0.2) is 31.0 Å². The van der Waals surface area contributed by atoms with E-state index in [4.69, 9.17) is 14.3 Å². The molecule has 1 heterocycles. The molecule has 0 atom stereocenters. The van der Waals surface area contributed by atoms with Crippen LogP contribution in [0.25, 0.3) is 0 Å². The van der Waals surface area contributed by atoms with Crippen LogP contribution in [-0.2, 0) is 10.0 Å². The first-order valence-electron chi connectivity index (χ1n) is 6.74. The Morgan fingerprint density at radius 1 is 1.27 bits per heavy atom. The maximum Gasteiger partial charge on any atom is 0.276 e. The second kappa shape index (κ2) is 6.27. The van der Waals surface area contributed by atoms with Gasteiger partial charge in [0.1, 0.15) is 5.75 Å². The summed E-state index contributed by atoms with van der Waals surface area (Å²) < 4.78 is 33.3. The van der Waals surface area contributed by atoms with Gasteiger partial charge in [-0.3, -0.25) is 0 Å². The Morgan fingerprint density at radius 2 is 2.00 bits per heavy atom. The standard InChI is InChI=1S/C13H15N3O4S2/c14-22(17,18)11-5-3-10(4-6-11)19-7-8-21-13-16-15-12(20-13)9-1-2-9/h3-6,9H,1-2,7-8H2,(H2,14,17,18). The first-order chi connectivity index (χ1) is 10.5. The predicted octanol–water partition coefficient (Wildman–Crippen LogP) is 1.77. The monoisotopic (exact) mass is 341 g/mol. The Hall–Kier alpha value is -1.58. The van der Waals surface area contributed by atoms with Crippen molar-refractivity contribution in [3.05, 3.63) is 30.2 Å². The average Bonchev–Trinajstić information content (AvgIpc) is 3.23. The van der Waals surface area contributed by atoms with Crippen LogP contribution in [0.5, 0.6) is 5.75 Å². The summed E-state index contributed by atoms with van der Waals surface area (Å²) in [6.45, 7) is 0.445. The molecule has 22 heavy (non-hydrogen) atoms. The largest absolute Gasteiger partial charge is 0.493 e. The van der Waals surface area contributed by atoms with Gasteiger partial charge in [-0.05, 0) is 37.1 Å². The van der Waals surface area contributed by atoms with Crippen LogP contribution in [0.2, 0.25) is 0 Å². The molecule has 0 saturated heterocycles. The average molecular weight is 341 g/mol. The van der Waals surface area contributed by atoms with E-state index in [1.807, 2.05) is 0 Å². The number of aromatic nitrogens is 2. The van der Waals surface area contributed by atoms with Crippen LogP contribution in [0.3, 0.4) is 0 Å². The van der Waals surface area contributed by atoms with Crippen LogP contribution in [0.15, 0.2) is 38.8 Å². The van der Waals surface area contributed by atoms with E-state index in [-0.39, 0.29) is 4.90 Å². The highest BCUT2D eigenvalue weighted by Gasteiger charge is 2.29. The fourth-order valence-corrected chi connectivity index (χ4v) is 2.89. The van der Waals surface area contributed by atoms with Crippen molar-refractivity contribution in [1.82, 2.24) is 10.2 Å². The van der Waals surface area contributed by atoms with Gasteiger partial charge in [-0.15, -0.1) is 10.2 Å². The third-order valence-electron chi connectivity index (χ3n) is 3.08. The SMILES string of the molecule is NS(=O)(=O)c1ccc(OCCSc2nnc(C3CC3)o2)cc1. The zero-order valence-electron chi connectivity index (χ0n) is 11.6. The third kappa shape index (κ3) is 3.99. The molecule has 1 aliphatic carbocycles. The maximum atomic E-state index is 11.1. The van der Waals surface area contributed by atoms with Gasteiger partial charge < -0.3 is 9.15 Å². The van der Waals surface area contributed by atoms with Crippen molar-refractivity contribution < 1.29 is 17.6 Å². The minimum Gasteiger partial charge on any atom is -0.493 e. The maximum absolute atomic E-state index is 11.1. The summed E-state index contributed by atoms with van der Waals surface area (Å²) in [4.78, 5) is 0.0627. The van der Waals surface area contributed by atoms with Crippen LogP contribution >= 0.6 is 11.8 Å². The van der Waals surface area contributed by atoms with Crippen molar-refractivity contribution in [3.63, 3.8) is 0 Å². The Morgan fingerprint density at radius 3 is 2.64 bits per heavy atom. The molecular formula is C13H15N3O4S2. The molecule has 1 aromatic carbocycles. The molecule has 1 saturated carbocycles. The van der Waals surface area contributed by atoms with E-state index in [9.17, 15) is 8.42 Å².